The zero-order valence-electron chi connectivity index (χ0n) is 16.2. The smallest absolute Gasteiger partial charge is 0.193 e. The molecule has 4 unspecified atom stereocenters. The summed E-state index contributed by atoms with van der Waals surface area (Å²) in [5.74, 6) is 2.44. The van der Waals surface area contributed by atoms with Crippen molar-refractivity contribution in [3.8, 4) is 0 Å². The summed E-state index contributed by atoms with van der Waals surface area (Å²) < 4.78 is 2.25. The van der Waals surface area contributed by atoms with E-state index in [2.05, 4.69) is 68.2 Å². The zero-order valence-corrected chi connectivity index (χ0v) is 18.5. The molecule has 5 nitrogen and oxygen atoms in total. The SMILES string of the molecule is CN=C(NC1CC1Cc1ccccc1)N1CCC(C)C(n2ccnc2)C1.I. The molecule has 0 bridgehead atoms. The normalized spacial score (nSPS) is 27.8. The molecule has 0 radical (unpaired) electrons. The van der Waals surface area contributed by atoms with E-state index in [1.165, 1.54) is 18.4 Å². The van der Waals surface area contributed by atoms with Gasteiger partial charge in [0, 0.05) is 38.6 Å². The van der Waals surface area contributed by atoms with Gasteiger partial charge < -0.3 is 14.8 Å². The zero-order chi connectivity index (χ0) is 17.9. The molecule has 0 spiro atoms. The molecule has 2 aliphatic rings. The van der Waals surface area contributed by atoms with E-state index in [1.54, 1.807) is 0 Å². The van der Waals surface area contributed by atoms with Gasteiger partial charge in [0.05, 0.1) is 12.4 Å². The van der Waals surface area contributed by atoms with Crippen LogP contribution in [0.3, 0.4) is 0 Å². The van der Waals surface area contributed by atoms with E-state index in [0.29, 0.717) is 18.0 Å². The summed E-state index contributed by atoms with van der Waals surface area (Å²) in [5.41, 5.74) is 1.43. The molecular weight excluding hydrogens is 449 g/mol. The second kappa shape index (κ2) is 9.08. The summed E-state index contributed by atoms with van der Waals surface area (Å²) in [6.45, 7) is 4.41. The maximum absolute atomic E-state index is 4.58. The number of aromatic nitrogens is 2. The average molecular weight is 479 g/mol. The first-order chi connectivity index (χ1) is 12.7. The Labute approximate surface area is 179 Å². The molecule has 1 aromatic heterocycles. The molecule has 1 aliphatic heterocycles. The van der Waals surface area contributed by atoms with Crippen molar-refractivity contribution in [2.75, 3.05) is 20.1 Å². The Morgan fingerprint density at radius 3 is 2.81 bits per heavy atom. The van der Waals surface area contributed by atoms with Gasteiger partial charge in [0.15, 0.2) is 5.96 Å². The fourth-order valence-electron chi connectivity index (χ4n) is 4.12. The molecule has 1 saturated heterocycles. The number of hydrogen-bond donors (Lipinski definition) is 1. The van der Waals surface area contributed by atoms with Crippen molar-refractivity contribution in [3.63, 3.8) is 0 Å². The number of nitrogens with zero attached hydrogens (tertiary/aromatic N) is 4. The Hall–Kier alpha value is -1.57. The molecule has 146 valence electrons. The number of piperidine rings is 1. The molecule has 2 fully saturated rings. The van der Waals surface area contributed by atoms with Crippen LogP contribution in [0.4, 0.5) is 0 Å². The van der Waals surface area contributed by atoms with Gasteiger partial charge in [0.1, 0.15) is 0 Å². The van der Waals surface area contributed by atoms with Crippen LogP contribution in [0.15, 0.2) is 54.0 Å². The van der Waals surface area contributed by atoms with Gasteiger partial charge in [-0.25, -0.2) is 4.98 Å². The van der Waals surface area contributed by atoms with Crippen molar-refractivity contribution in [1.29, 1.82) is 0 Å². The lowest BCUT2D eigenvalue weighted by Crippen LogP contribution is -2.49. The maximum Gasteiger partial charge on any atom is 0.193 e. The number of aliphatic imine (C=N–C) groups is 1. The van der Waals surface area contributed by atoms with E-state index >= 15 is 0 Å². The van der Waals surface area contributed by atoms with Gasteiger partial charge in [0.2, 0.25) is 0 Å². The predicted molar refractivity (Wildman–Crippen MR) is 121 cm³/mol. The first-order valence-electron chi connectivity index (χ1n) is 9.74. The quantitative estimate of drug-likeness (QED) is 0.414. The van der Waals surface area contributed by atoms with E-state index in [4.69, 9.17) is 0 Å². The highest BCUT2D eigenvalue weighted by molar-refractivity contribution is 14.0. The van der Waals surface area contributed by atoms with Crippen molar-refractivity contribution in [3.05, 3.63) is 54.6 Å². The topological polar surface area (TPSA) is 45.5 Å². The van der Waals surface area contributed by atoms with Gasteiger partial charge >= 0.3 is 0 Å². The minimum Gasteiger partial charge on any atom is -0.353 e. The lowest BCUT2D eigenvalue weighted by atomic mass is 9.93. The van der Waals surface area contributed by atoms with Gasteiger partial charge in [0.25, 0.3) is 0 Å². The van der Waals surface area contributed by atoms with Gasteiger partial charge in [-0.15, -0.1) is 24.0 Å². The Morgan fingerprint density at radius 1 is 1.30 bits per heavy atom. The van der Waals surface area contributed by atoms with Crippen LogP contribution in [0.2, 0.25) is 0 Å². The molecular formula is C21H30IN5. The molecule has 1 aromatic carbocycles. The molecule has 0 amide bonds. The molecule has 2 aromatic rings. The summed E-state index contributed by atoms with van der Waals surface area (Å²) in [4.78, 5) is 11.2. The third-order valence-electron chi connectivity index (χ3n) is 5.92. The first-order valence-corrected chi connectivity index (χ1v) is 9.74. The third kappa shape index (κ3) is 4.83. The lowest BCUT2D eigenvalue weighted by molar-refractivity contribution is 0.189. The monoisotopic (exact) mass is 479 g/mol. The third-order valence-corrected chi connectivity index (χ3v) is 5.92. The molecule has 1 N–H and O–H groups in total. The number of likely N-dealkylation sites (tertiary alicyclic amines) is 1. The number of halogens is 1. The highest BCUT2D eigenvalue weighted by Crippen LogP contribution is 2.34. The summed E-state index contributed by atoms with van der Waals surface area (Å²) in [5, 5.41) is 3.71. The number of benzene rings is 1. The molecule has 4 rings (SSSR count). The van der Waals surface area contributed by atoms with Crippen molar-refractivity contribution in [1.82, 2.24) is 19.8 Å². The largest absolute Gasteiger partial charge is 0.353 e. The molecule has 2 heterocycles. The Kier molecular flexibility index (Phi) is 6.78. The van der Waals surface area contributed by atoms with Crippen LogP contribution >= 0.6 is 24.0 Å². The van der Waals surface area contributed by atoms with Crippen LogP contribution in [-0.2, 0) is 6.42 Å². The van der Waals surface area contributed by atoms with Crippen LogP contribution in [-0.4, -0.2) is 46.6 Å². The van der Waals surface area contributed by atoms with E-state index in [-0.39, 0.29) is 24.0 Å². The number of guanidine groups is 1. The number of hydrogen-bond acceptors (Lipinski definition) is 2. The fraction of sp³-hybridized carbons (Fsp3) is 0.524. The van der Waals surface area contributed by atoms with E-state index < -0.39 is 0 Å². The predicted octanol–water partition coefficient (Wildman–Crippen LogP) is 3.59. The second-order valence-corrected chi connectivity index (χ2v) is 7.77. The number of rotatable bonds is 4. The molecule has 27 heavy (non-hydrogen) atoms. The Bertz CT molecular complexity index is 730. The van der Waals surface area contributed by atoms with Crippen LogP contribution in [0, 0.1) is 11.8 Å². The van der Waals surface area contributed by atoms with Gasteiger partial charge in [-0.1, -0.05) is 37.3 Å². The summed E-state index contributed by atoms with van der Waals surface area (Å²) >= 11 is 0. The Balaban J connectivity index is 0.00000210. The van der Waals surface area contributed by atoms with Gasteiger partial charge in [-0.3, -0.25) is 4.99 Å². The Morgan fingerprint density at radius 2 is 2.11 bits per heavy atom. The van der Waals surface area contributed by atoms with Crippen molar-refractivity contribution in [2.24, 2.45) is 16.8 Å². The van der Waals surface area contributed by atoms with Crippen LogP contribution < -0.4 is 5.32 Å². The van der Waals surface area contributed by atoms with Gasteiger partial charge in [-0.05, 0) is 36.7 Å². The minimum atomic E-state index is 0. The minimum absolute atomic E-state index is 0. The molecule has 1 saturated carbocycles. The molecule has 1 aliphatic carbocycles. The maximum atomic E-state index is 4.58. The summed E-state index contributed by atoms with van der Waals surface area (Å²) in [7, 11) is 1.90. The molecule has 4 atom stereocenters. The first kappa shape index (κ1) is 20.2. The van der Waals surface area contributed by atoms with E-state index in [9.17, 15) is 0 Å². The van der Waals surface area contributed by atoms with Crippen molar-refractivity contribution < 1.29 is 0 Å². The van der Waals surface area contributed by atoms with Crippen molar-refractivity contribution in [2.45, 2.75) is 38.3 Å². The lowest BCUT2D eigenvalue weighted by Gasteiger charge is -2.39. The number of imidazole rings is 1. The summed E-state index contributed by atoms with van der Waals surface area (Å²) in [6, 6.07) is 11.8. The standard InChI is InChI=1S/C21H29N5.HI/c1-16-8-10-25(14-20(16)26-11-9-23-15-26)21(22-2)24-19-13-18(19)12-17-6-4-3-5-7-17;/h3-7,9,11,15-16,18-20H,8,10,12-14H2,1-2H3,(H,22,24);1H. The highest BCUT2D eigenvalue weighted by Gasteiger charge is 2.39. The second-order valence-electron chi connectivity index (χ2n) is 7.77. The molecule has 6 heteroatoms. The van der Waals surface area contributed by atoms with E-state index in [1.807, 2.05) is 19.6 Å². The number of nitrogens with one attached hydrogen (secondary N) is 1. The van der Waals surface area contributed by atoms with Crippen LogP contribution in [0.1, 0.15) is 31.4 Å². The highest BCUT2D eigenvalue weighted by atomic mass is 127. The van der Waals surface area contributed by atoms with Crippen LogP contribution in [0.25, 0.3) is 0 Å². The summed E-state index contributed by atoms with van der Waals surface area (Å²) in [6.07, 6.45) is 9.47. The van der Waals surface area contributed by atoms with Gasteiger partial charge in [-0.2, -0.15) is 0 Å². The van der Waals surface area contributed by atoms with Crippen LogP contribution in [0.5, 0.6) is 0 Å². The van der Waals surface area contributed by atoms with E-state index in [0.717, 1.165) is 31.4 Å². The van der Waals surface area contributed by atoms with Crippen molar-refractivity contribution >= 4 is 29.9 Å². The fourth-order valence-corrected chi connectivity index (χ4v) is 4.12. The average Bonchev–Trinajstić information content (AvgIpc) is 3.16.